The fourth-order valence-corrected chi connectivity index (χ4v) is 2.29. The lowest BCUT2D eigenvalue weighted by Gasteiger charge is -2.24. The van der Waals surface area contributed by atoms with Crippen LogP contribution in [-0.2, 0) is 4.79 Å². The first-order chi connectivity index (χ1) is 8.24. The van der Waals surface area contributed by atoms with Gasteiger partial charge < -0.3 is 0 Å². The zero-order valence-corrected chi connectivity index (χ0v) is 9.43. The second-order valence-electron chi connectivity index (χ2n) is 4.30. The zero-order chi connectivity index (χ0) is 12.3. The number of hydrogen-bond donors (Lipinski definition) is 0. The molecule has 3 nitrogen and oxygen atoms in total. The quantitative estimate of drug-likeness (QED) is 0.575. The molecule has 2 atom stereocenters. The van der Waals surface area contributed by atoms with Crippen LogP contribution in [0.4, 0.5) is 0 Å². The monoisotopic (exact) mass is 227 g/mol. The van der Waals surface area contributed by atoms with Gasteiger partial charge in [-0.25, -0.2) is 0 Å². The summed E-state index contributed by atoms with van der Waals surface area (Å²) in [5.74, 6) is -1.50. The Bertz CT molecular complexity index is 473. The molecule has 0 heterocycles. The molecule has 1 aliphatic carbocycles. The third-order valence-electron chi connectivity index (χ3n) is 3.19. The van der Waals surface area contributed by atoms with Crippen molar-refractivity contribution in [1.29, 1.82) is 5.26 Å². The van der Waals surface area contributed by atoms with Crippen LogP contribution in [0.25, 0.3) is 0 Å². The van der Waals surface area contributed by atoms with Crippen molar-refractivity contribution in [2.24, 2.45) is 11.8 Å². The van der Waals surface area contributed by atoms with E-state index in [0.29, 0.717) is 18.4 Å². The van der Waals surface area contributed by atoms with Crippen molar-refractivity contribution in [2.75, 3.05) is 0 Å². The van der Waals surface area contributed by atoms with Gasteiger partial charge in [0.05, 0.1) is 17.9 Å². The number of ketones is 2. The van der Waals surface area contributed by atoms with Crippen molar-refractivity contribution in [3.8, 4) is 6.07 Å². The highest BCUT2D eigenvalue weighted by atomic mass is 16.2. The van der Waals surface area contributed by atoms with Gasteiger partial charge in [0.25, 0.3) is 0 Å². The lowest BCUT2D eigenvalue weighted by atomic mass is 9.75. The van der Waals surface area contributed by atoms with E-state index in [-0.39, 0.29) is 11.6 Å². The Balaban J connectivity index is 2.28. The van der Waals surface area contributed by atoms with Crippen LogP contribution in [0.3, 0.4) is 0 Å². The SMILES string of the molecule is N#CC1CCCC(=O)C1C(=O)c1ccccc1. The maximum atomic E-state index is 12.2. The fourth-order valence-electron chi connectivity index (χ4n) is 2.29. The molecule has 1 fully saturated rings. The van der Waals surface area contributed by atoms with Crippen molar-refractivity contribution in [1.82, 2.24) is 0 Å². The van der Waals surface area contributed by atoms with Gasteiger partial charge in [-0.1, -0.05) is 30.3 Å². The van der Waals surface area contributed by atoms with Crippen molar-refractivity contribution in [2.45, 2.75) is 19.3 Å². The topological polar surface area (TPSA) is 57.9 Å². The maximum absolute atomic E-state index is 12.2. The van der Waals surface area contributed by atoms with Gasteiger partial charge in [-0.3, -0.25) is 9.59 Å². The van der Waals surface area contributed by atoms with Crippen molar-refractivity contribution >= 4 is 11.6 Å². The Morgan fingerprint density at radius 1 is 1.29 bits per heavy atom. The lowest BCUT2D eigenvalue weighted by molar-refractivity contribution is -0.124. The molecular formula is C14H13NO2. The molecule has 0 saturated heterocycles. The van der Waals surface area contributed by atoms with Gasteiger partial charge in [0.1, 0.15) is 5.78 Å². The summed E-state index contributed by atoms with van der Waals surface area (Å²) in [6.07, 6.45) is 1.78. The highest BCUT2D eigenvalue weighted by molar-refractivity contribution is 6.11. The van der Waals surface area contributed by atoms with Crippen molar-refractivity contribution in [3.63, 3.8) is 0 Å². The third-order valence-corrected chi connectivity index (χ3v) is 3.19. The minimum atomic E-state index is -0.754. The number of nitrogens with zero attached hydrogens (tertiary/aromatic N) is 1. The second kappa shape index (κ2) is 4.92. The fraction of sp³-hybridized carbons (Fsp3) is 0.357. The molecule has 0 N–H and O–H groups in total. The van der Waals surface area contributed by atoms with Gasteiger partial charge in [-0.2, -0.15) is 5.26 Å². The molecule has 0 bridgehead atoms. The van der Waals surface area contributed by atoms with Crippen LogP contribution < -0.4 is 0 Å². The van der Waals surface area contributed by atoms with Crippen LogP contribution in [0.2, 0.25) is 0 Å². The summed E-state index contributed by atoms with van der Waals surface area (Å²) >= 11 is 0. The summed E-state index contributed by atoms with van der Waals surface area (Å²) in [4.78, 5) is 24.0. The van der Waals surface area contributed by atoms with E-state index < -0.39 is 11.8 Å². The maximum Gasteiger partial charge on any atom is 0.174 e. The molecule has 1 aliphatic rings. The summed E-state index contributed by atoms with van der Waals surface area (Å²) in [5, 5.41) is 9.02. The first-order valence-corrected chi connectivity index (χ1v) is 5.75. The van der Waals surface area contributed by atoms with Crippen molar-refractivity contribution in [3.05, 3.63) is 35.9 Å². The highest BCUT2D eigenvalue weighted by Crippen LogP contribution is 2.29. The van der Waals surface area contributed by atoms with Gasteiger partial charge in [0, 0.05) is 12.0 Å². The van der Waals surface area contributed by atoms with E-state index in [4.69, 9.17) is 5.26 Å². The van der Waals surface area contributed by atoms with Gasteiger partial charge in [-0.15, -0.1) is 0 Å². The summed E-state index contributed by atoms with van der Waals surface area (Å²) in [6, 6.07) is 10.8. The number of carbonyl (C=O) groups is 2. The van der Waals surface area contributed by atoms with Crippen LogP contribution in [0.5, 0.6) is 0 Å². The first kappa shape index (κ1) is 11.5. The smallest absolute Gasteiger partial charge is 0.174 e. The Morgan fingerprint density at radius 3 is 2.65 bits per heavy atom. The van der Waals surface area contributed by atoms with E-state index in [1.54, 1.807) is 24.3 Å². The molecule has 1 aromatic carbocycles. The number of hydrogen-bond acceptors (Lipinski definition) is 3. The molecule has 1 saturated carbocycles. The molecular weight excluding hydrogens is 214 g/mol. The zero-order valence-electron chi connectivity index (χ0n) is 9.43. The molecule has 3 heteroatoms. The molecule has 0 radical (unpaired) electrons. The molecule has 2 rings (SSSR count). The molecule has 17 heavy (non-hydrogen) atoms. The summed E-state index contributed by atoms with van der Waals surface area (Å²) in [6.45, 7) is 0. The normalized spacial score (nSPS) is 24.1. The number of Topliss-reactive ketones (excluding diaryl/α,β-unsaturated/α-hetero) is 2. The first-order valence-electron chi connectivity index (χ1n) is 5.75. The third kappa shape index (κ3) is 2.26. The van der Waals surface area contributed by atoms with Gasteiger partial charge in [-0.05, 0) is 12.8 Å². The van der Waals surface area contributed by atoms with E-state index in [1.165, 1.54) is 0 Å². The average molecular weight is 227 g/mol. The second-order valence-corrected chi connectivity index (χ2v) is 4.30. The van der Waals surface area contributed by atoms with E-state index in [0.717, 1.165) is 6.42 Å². The number of carbonyl (C=O) groups excluding carboxylic acids is 2. The van der Waals surface area contributed by atoms with Gasteiger partial charge in [0.15, 0.2) is 5.78 Å². The Hall–Kier alpha value is -1.95. The van der Waals surface area contributed by atoms with Crippen LogP contribution >= 0.6 is 0 Å². The molecule has 0 amide bonds. The number of nitriles is 1. The van der Waals surface area contributed by atoms with Crippen LogP contribution in [0, 0.1) is 23.2 Å². The number of benzene rings is 1. The molecule has 2 unspecified atom stereocenters. The van der Waals surface area contributed by atoms with Crippen LogP contribution in [0.1, 0.15) is 29.6 Å². The average Bonchev–Trinajstić information content (AvgIpc) is 2.38. The molecule has 0 spiro atoms. The summed E-state index contributed by atoms with van der Waals surface area (Å²) in [5.41, 5.74) is 0.521. The van der Waals surface area contributed by atoms with Gasteiger partial charge in [0.2, 0.25) is 0 Å². The van der Waals surface area contributed by atoms with E-state index in [1.807, 2.05) is 6.07 Å². The standard InChI is InChI=1S/C14H13NO2/c15-9-11-7-4-8-12(16)13(11)14(17)10-5-2-1-3-6-10/h1-3,5-6,11,13H,4,7-8H2. The van der Waals surface area contributed by atoms with E-state index >= 15 is 0 Å². The molecule has 0 aromatic heterocycles. The molecule has 86 valence electrons. The Morgan fingerprint density at radius 2 is 2.00 bits per heavy atom. The molecule has 0 aliphatic heterocycles. The predicted molar refractivity (Wildman–Crippen MR) is 62.2 cm³/mol. The summed E-state index contributed by atoms with van der Waals surface area (Å²) < 4.78 is 0. The largest absolute Gasteiger partial charge is 0.299 e. The number of rotatable bonds is 2. The van der Waals surface area contributed by atoms with Crippen LogP contribution in [0.15, 0.2) is 30.3 Å². The predicted octanol–water partition coefficient (Wildman–Crippen LogP) is 2.38. The van der Waals surface area contributed by atoms with E-state index in [9.17, 15) is 9.59 Å². The minimum Gasteiger partial charge on any atom is -0.299 e. The minimum absolute atomic E-state index is 0.0864. The van der Waals surface area contributed by atoms with Crippen LogP contribution in [-0.4, -0.2) is 11.6 Å². The molecule has 1 aromatic rings. The lowest BCUT2D eigenvalue weighted by Crippen LogP contribution is -2.34. The highest BCUT2D eigenvalue weighted by Gasteiger charge is 2.37. The summed E-state index contributed by atoms with van der Waals surface area (Å²) in [7, 11) is 0. The van der Waals surface area contributed by atoms with Gasteiger partial charge >= 0.3 is 0 Å². The van der Waals surface area contributed by atoms with E-state index in [2.05, 4.69) is 6.07 Å². The van der Waals surface area contributed by atoms with Crippen molar-refractivity contribution < 1.29 is 9.59 Å². The Labute approximate surface area is 100 Å². The Kier molecular flexibility index (Phi) is 3.34.